The van der Waals surface area contributed by atoms with Crippen molar-refractivity contribution in [1.29, 1.82) is 0 Å². The van der Waals surface area contributed by atoms with Crippen LogP contribution < -0.4 is 0 Å². The van der Waals surface area contributed by atoms with E-state index < -0.39 is 11.7 Å². The van der Waals surface area contributed by atoms with Gasteiger partial charge in [-0.15, -0.1) is 0 Å². The third-order valence-electron chi connectivity index (χ3n) is 2.83. The smallest absolute Gasteiger partial charge is 0.0897 e. The molecule has 1 rings (SSSR count). The molecule has 1 unspecified atom stereocenters. The molecule has 1 saturated carbocycles. The highest BCUT2D eigenvalue weighted by molar-refractivity contribution is 4.86. The SMILES string of the molecule is CN(CC(O)CO)CC1(O)CCCC1. The second-order valence-electron chi connectivity index (χ2n) is 4.46. The van der Waals surface area contributed by atoms with Crippen molar-refractivity contribution in [3.63, 3.8) is 0 Å². The molecule has 0 aromatic rings. The zero-order valence-corrected chi connectivity index (χ0v) is 8.82. The van der Waals surface area contributed by atoms with Gasteiger partial charge in [0, 0.05) is 13.1 Å². The molecule has 1 aliphatic carbocycles. The highest BCUT2D eigenvalue weighted by Gasteiger charge is 2.32. The summed E-state index contributed by atoms with van der Waals surface area (Å²) in [5.74, 6) is 0. The Balaban J connectivity index is 2.28. The van der Waals surface area contributed by atoms with Crippen molar-refractivity contribution in [2.75, 3.05) is 26.7 Å². The Bertz CT molecular complexity index is 169. The number of hydrogen-bond acceptors (Lipinski definition) is 4. The molecule has 0 aromatic heterocycles. The van der Waals surface area contributed by atoms with E-state index >= 15 is 0 Å². The minimum atomic E-state index is -0.704. The first-order chi connectivity index (χ1) is 6.56. The second kappa shape index (κ2) is 5.07. The third-order valence-corrected chi connectivity index (χ3v) is 2.83. The van der Waals surface area contributed by atoms with E-state index in [-0.39, 0.29) is 6.61 Å². The number of likely N-dealkylation sites (N-methyl/N-ethyl adjacent to an activating group) is 1. The maximum Gasteiger partial charge on any atom is 0.0897 e. The van der Waals surface area contributed by atoms with Gasteiger partial charge in [-0.3, -0.25) is 0 Å². The monoisotopic (exact) mass is 203 g/mol. The molecule has 4 heteroatoms. The largest absolute Gasteiger partial charge is 0.394 e. The average Bonchev–Trinajstić information content (AvgIpc) is 2.51. The van der Waals surface area contributed by atoms with E-state index in [1.165, 1.54) is 0 Å². The van der Waals surface area contributed by atoms with Crippen LogP contribution in [0, 0.1) is 0 Å². The van der Waals surface area contributed by atoms with Crippen LogP contribution in [0.3, 0.4) is 0 Å². The van der Waals surface area contributed by atoms with Crippen molar-refractivity contribution in [2.24, 2.45) is 0 Å². The quantitative estimate of drug-likeness (QED) is 0.568. The first-order valence-corrected chi connectivity index (χ1v) is 5.25. The van der Waals surface area contributed by atoms with Gasteiger partial charge in [0.2, 0.25) is 0 Å². The van der Waals surface area contributed by atoms with E-state index in [0.717, 1.165) is 25.7 Å². The number of aliphatic hydroxyl groups excluding tert-OH is 2. The number of aliphatic hydroxyl groups is 3. The van der Waals surface area contributed by atoms with Crippen molar-refractivity contribution in [2.45, 2.75) is 37.4 Å². The number of nitrogens with zero attached hydrogens (tertiary/aromatic N) is 1. The van der Waals surface area contributed by atoms with Crippen molar-refractivity contribution in [3.8, 4) is 0 Å². The maximum absolute atomic E-state index is 10.1. The summed E-state index contributed by atoms with van der Waals surface area (Å²) < 4.78 is 0. The minimum absolute atomic E-state index is 0.219. The van der Waals surface area contributed by atoms with Gasteiger partial charge >= 0.3 is 0 Å². The standard InChI is InChI=1S/C10H21NO3/c1-11(6-9(13)7-12)8-10(14)4-2-3-5-10/h9,12-14H,2-8H2,1H3. The lowest BCUT2D eigenvalue weighted by Crippen LogP contribution is -2.42. The molecule has 1 fully saturated rings. The fourth-order valence-electron chi connectivity index (χ4n) is 2.18. The van der Waals surface area contributed by atoms with Crippen molar-refractivity contribution in [3.05, 3.63) is 0 Å². The second-order valence-corrected chi connectivity index (χ2v) is 4.46. The predicted octanol–water partition coefficient (Wildman–Crippen LogP) is -0.424. The highest BCUT2D eigenvalue weighted by Crippen LogP contribution is 2.29. The summed E-state index contributed by atoms with van der Waals surface area (Å²) in [7, 11) is 1.86. The van der Waals surface area contributed by atoms with Crippen LogP contribution in [0.15, 0.2) is 0 Å². The normalized spacial score (nSPS) is 22.9. The van der Waals surface area contributed by atoms with Crippen LogP contribution in [0.25, 0.3) is 0 Å². The van der Waals surface area contributed by atoms with Gasteiger partial charge in [0.15, 0.2) is 0 Å². The van der Waals surface area contributed by atoms with E-state index in [1.54, 1.807) is 0 Å². The van der Waals surface area contributed by atoms with Gasteiger partial charge in [-0.2, -0.15) is 0 Å². The molecule has 0 amide bonds. The van der Waals surface area contributed by atoms with Crippen molar-refractivity contribution >= 4 is 0 Å². The molecule has 1 aliphatic rings. The van der Waals surface area contributed by atoms with E-state index in [2.05, 4.69) is 0 Å². The first-order valence-electron chi connectivity index (χ1n) is 5.25. The van der Waals surface area contributed by atoms with Crippen LogP contribution in [0.1, 0.15) is 25.7 Å². The summed E-state index contributed by atoms with van der Waals surface area (Å²) in [6.07, 6.45) is 3.18. The molecule has 0 radical (unpaired) electrons. The van der Waals surface area contributed by atoms with Crippen LogP contribution in [0.5, 0.6) is 0 Å². The lowest BCUT2D eigenvalue weighted by atomic mass is 10.0. The zero-order valence-electron chi connectivity index (χ0n) is 8.82. The first kappa shape index (κ1) is 11.9. The van der Waals surface area contributed by atoms with Crippen molar-refractivity contribution < 1.29 is 15.3 Å². The van der Waals surface area contributed by atoms with Gasteiger partial charge in [0.1, 0.15) is 0 Å². The van der Waals surface area contributed by atoms with Gasteiger partial charge < -0.3 is 20.2 Å². The summed E-state index contributed by atoms with van der Waals surface area (Å²) in [6, 6.07) is 0. The van der Waals surface area contributed by atoms with Crippen LogP contribution in [-0.2, 0) is 0 Å². The van der Waals surface area contributed by atoms with Crippen molar-refractivity contribution in [1.82, 2.24) is 4.90 Å². The van der Waals surface area contributed by atoms with E-state index in [9.17, 15) is 10.2 Å². The number of rotatable bonds is 5. The fraction of sp³-hybridized carbons (Fsp3) is 1.00. The van der Waals surface area contributed by atoms with E-state index in [0.29, 0.717) is 13.1 Å². The summed E-state index contributed by atoms with van der Waals surface area (Å²) in [5.41, 5.74) is -0.566. The molecular weight excluding hydrogens is 182 g/mol. The summed E-state index contributed by atoms with van der Waals surface area (Å²) in [5, 5.41) is 27.9. The Morgan fingerprint density at radius 2 is 1.93 bits per heavy atom. The lowest BCUT2D eigenvalue weighted by Gasteiger charge is -2.29. The topological polar surface area (TPSA) is 63.9 Å². The Morgan fingerprint density at radius 1 is 1.36 bits per heavy atom. The summed E-state index contributed by atoms with van der Waals surface area (Å²) >= 11 is 0. The van der Waals surface area contributed by atoms with Gasteiger partial charge in [0.25, 0.3) is 0 Å². The van der Waals surface area contributed by atoms with E-state index in [1.807, 2.05) is 11.9 Å². The number of hydrogen-bond donors (Lipinski definition) is 3. The molecular formula is C10H21NO3. The third kappa shape index (κ3) is 3.53. The molecule has 0 aliphatic heterocycles. The molecule has 0 saturated heterocycles. The highest BCUT2D eigenvalue weighted by atomic mass is 16.3. The Hall–Kier alpha value is -0.160. The van der Waals surface area contributed by atoms with Crippen LogP contribution >= 0.6 is 0 Å². The molecule has 1 atom stereocenters. The van der Waals surface area contributed by atoms with Gasteiger partial charge in [0.05, 0.1) is 18.3 Å². The Kier molecular flexibility index (Phi) is 4.31. The predicted molar refractivity (Wildman–Crippen MR) is 54.0 cm³/mol. The molecule has 0 bridgehead atoms. The van der Waals surface area contributed by atoms with Gasteiger partial charge in [-0.05, 0) is 19.9 Å². The fourth-order valence-corrected chi connectivity index (χ4v) is 2.18. The zero-order chi connectivity index (χ0) is 10.6. The summed E-state index contributed by atoms with van der Waals surface area (Å²) in [4.78, 5) is 1.88. The minimum Gasteiger partial charge on any atom is -0.394 e. The van der Waals surface area contributed by atoms with Crippen LogP contribution in [0.4, 0.5) is 0 Å². The Labute approximate surface area is 85.2 Å². The molecule has 0 aromatic carbocycles. The molecule has 4 nitrogen and oxygen atoms in total. The molecule has 3 N–H and O–H groups in total. The summed E-state index contributed by atoms with van der Waals surface area (Å²) in [6.45, 7) is 0.783. The van der Waals surface area contributed by atoms with E-state index in [4.69, 9.17) is 5.11 Å². The van der Waals surface area contributed by atoms with Crippen LogP contribution in [-0.4, -0.2) is 58.7 Å². The Morgan fingerprint density at radius 3 is 2.43 bits per heavy atom. The molecule has 14 heavy (non-hydrogen) atoms. The van der Waals surface area contributed by atoms with Gasteiger partial charge in [-0.25, -0.2) is 0 Å². The molecule has 0 spiro atoms. The van der Waals surface area contributed by atoms with Crippen LogP contribution in [0.2, 0.25) is 0 Å². The average molecular weight is 203 g/mol. The maximum atomic E-state index is 10.1. The molecule has 84 valence electrons. The molecule has 0 heterocycles. The van der Waals surface area contributed by atoms with Gasteiger partial charge in [-0.1, -0.05) is 12.8 Å². The lowest BCUT2D eigenvalue weighted by molar-refractivity contribution is -0.00236.